The number of nitrogens with one attached hydrogen (secondary N) is 1. The summed E-state index contributed by atoms with van der Waals surface area (Å²) in [7, 11) is 0. The normalized spacial score (nSPS) is 9.79. The Morgan fingerprint density at radius 2 is 2.29 bits per heavy atom. The van der Waals surface area contributed by atoms with Gasteiger partial charge in [-0.3, -0.25) is 9.59 Å². The topological polar surface area (TPSA) is 98.0 Å². The van der Waals surface area contributed by atoms with E-state index in [2.05, 4.69) is 14.9 Å². The molecule has 0 aliphatic rings. The Balaban J connectivity index is 2.64. The minimum atomic E-state index is -0.575. The lowest BCUT2D eigenvalue weighted by atomic mass is 10.3. The quantitative estimate of drug-likeness (QED) is 0.693. The van der Waals surface area contributed by atoms with Crippen LogP contribution in [0.15, 0.2) is 0 Å². The maximum atomic E-state index is 11.4. The van der Waals surface area contributed by atoms with Gasteiger partial charge < -0.3 is 11.1 Å². The molecule has 0 aliphatic heterocycles. The molecule has 2 amide bonds. The van der Waals surface area contributed by atoms with E-state index in [1.807, 2.05) is 6.92 Å². The highest BCUT2D eigenvalue weighted by Crippen LogP contribution is 2.10. The predicted molar refractivity (Wildman–Crippen MR) is 50.8 cm³/mol. The first-order chi connectivity index (χ1) is 6.65. The second kappa shape index (κ2) is 4.66. The van der Waals surface area contributed by atoms with Gasteiger partial charge in [-0.25, -0.2) is 0 Å². The number of hydrogen-bond donors (Lipinski definition) is 2. The first-order valence-electron chi connectivity index (χ1n) is 4.02. The summed E-state index contributed by atoms with van der Waals surface area (Å²) in [6.07, 6.45) is 0.635. The lowest BCUT2D eigenvalue weighted by Gasteiger charge is -1.99. The molecule has 1 aromatic rings. The van der Waals surface area contributed by atoms with Gasteiger partial charge in [0.15, 0.2) is 0 Å². The molecule has 0 saturated heterocycles. The van der Waals surface area contributed by atoms with E-state index in [1.54, 1.807) is 0 Å². The minimum Gasteiger partial charge on any atom is -0.368 e. The zero-order valence-corrected chi connectivity index (χ0v) is 8.43. The van der Waals surface area contributed by atoms with Gasteiger partial charge in [-0.05, 0) is 18.0 Å². The monoisotopic (exact) mass is 214 g/mol. The van der Waals surface area contributed by atoms with Crippen molar-refractivity contribution in [1.29, 1.82) is 0 Å². The fourth-order valence-corrected chi connectivity index (χ4v) is 1.53. The molecule has 1 aromatic heterocycles. The van der Waals surface area contributed by atoms with Crippen molar-refractivity contribution in [3.05, 3.63) is 10.6 Å². The van der Waals surface area contributed by atoms with E-state index in [9.17, 15) is 9.59 Å². The first-order valence-corrected chi connectivity index (χ1v) is 4.80. The van der Waals surface area contributed by atoms with Crippen molar-refractivity contribution in [3.63, 3.8) is 0 Å². The van der Waals surface area contributed by atoms with Crippen LogP contribution >= 0.6 is 11.5 Å². The van der Waals surface area contributed by atoms with Gasteiger partial charge in [0, 0.05) is 0 Å². The van der Waals surface area contributed by atoms with Gasteiger partial charge in [0.1, 0.15) is 4.88 Å². The molecule has 0 aromatic carbocycles. The van der Waals surface area contributed by atoms with Gasteiger partial charge in [0.2, 0.25) is 5.91 Å². The molecular weight excluding hydrogens is 204 g/mol. The Morgan fingerprint density at radius 1 is 1.57 bits per heavy atom. The van der Waals surface area contributed by atoms with Crippen molar-refractivity contribution in [2.75, 3.05) is 6.54 Å². The average molecular weight is 214 g/mol. The Hall–Kier alpha value is -1.50. The standard InChI is InChI=1S/C7H10N4O2S/c1-2-4-6(14-11-10-4)7(13)9-3-5(8)12/h2-3H2,1H3,(H2,8,12)(H,9,13). The van der Waals surface area contributed by atoms with Gasteiger partial charge in [-0.2, -0.15) is 0 Å². The third kappa shape index (κ3) is 2.49. The Kier molecular flexibility index (Phi) is 3.52. The van der Waals surface area contributed by atoms with Crippen LogP contribution < -0.4 is 11.1 Å². The maximum Gasteiger partial charge on any atom is 0.265 e. The van der Waals surface area contributed by atoms with Crippen LogP contribution in [0.4, 0.5) is 0 Å². The molecule has 0 aliphatic carbocycles. The van der Waals surface area contributed by atoms with Crippen LogP contribution in [-0.2, 0) is 11.2 Å². The Labute approximate surface area is 84.7 Å². The number of amides is 2. The number of carbonyl (C=O) groups is 2. The fraction of sp³-hybridized carbons (Fsp3) is 0.429. The van der Waals surface area contributed by atoms with Gasteiger partial charge in [-0.15, -0.1) is 5.10 Å². The molecular formula is C7H10N4O2S. The van der Waals surface area contributed by atoms with Gasteiger partial charge in [0.05, 0.1) is 12.2 Å². The van der Waals surface area contributed by atoms with E-state index in [0.717, 1.165) is 11.5 Å². The van der Waals surface area contributed by atoms with Crippen molar-refractivity contribution in [2.45, 2.75) is 13.3 Å². The summed E-state index contributed by atoms with van der Waals surface area (Å²) in [5.41, 5.74) is 5.52. The third-order valence-electron chi connectivity index (χ3n) is 1.52. The molecule has 0 radical (unpaired) electrons. The van der Waals surface area contributed by atoms with Crippen LogP contribution in [0.1, 0.15) is 22.3 Å². The van der Waals surface area contributed by atoms with Gasteiger partial charge >= 0.3 is 0 Å². The van der Waals surface area contributed by atoms with Crippen molar-refractivity contribution in [1.82, 2.24) is 14.9 Å². The second-order valence-corrected chi connectivity index (χ2v) is 3.31. The van der Waals surface area contributed by atoms with Crippen LogP contribution in [0.3, 0.4) is 0 Å². The van der Waals surface area contributed by atoms with Crippen molar-refractivity contribution in [3.8, 4) is 0 Å². The summed E-state index contributed by atoms with van der Waals surface area (Å²) < 4.78 is 3.66. The molecule has 0 spiro atoms. The summed E-state index contributed by atoms with van der Waals surface area (Å²) in [4.78, 5) is 22.2. The number of aromatic nitrogens is 2. The van der Waals surface area contributed by atoms with E-state index >= 15 is 0 Å². The Bertz CT molecular complexity index is 349. The van der Waals surface area contributed by atoms with Crippen molar-refractivity contribution < 1.29 is 9.59 Å². The molecule has 0 saturated carbocycles. The summed E-state index contributed by atoms with van der Waals surface area (Å²) in [6.45, 7) is 1.71. The summed E-state index contributed by atoms with van der Waals surface area (Å²) >= 11 is 1.01. The highest BCUT2D eigenvalue weighted by atomic mass is 32.1. The van der Waals surface area contributed by atoms with Crippen molar-refractivity contribution >= 4 is 23.3 Å². The highest BCUT2D eigenvalue weighted by Gasteiger charge is 2.14. The van der Waals surface area contributed by atoms with Crippen molar-refractivity contribution in [2.24, 2.45) is 5.73 Å². The number of hydrogen-bond acceptors (Lipinski definition) is 5. The van der Waals surface area contributed by atoms with Crippen LogP contribution in [0.25, 0.3) is 0 Å². The lowest BCUT2D eigenvalue weighted by Crippen LogP contribution is -2.33. The zero-order valence-electron chi connectivity index (χ0n) is 7.61. The van der Waals surface area contributed by atoms with Crippen LogP contribution in [0.2, 0.25) is 0 Å². The molecule has 14 heavy (non-hydrogen) atoms. The SMILES string of the molecule is CCc1nnsc1C(=O)NCC(N)=O. The summed E-state index contributed by atoms with van der Waals surface area (Å²) in [6, 6.07) is 0. The molecule has 7 heteroatoms. The van der Waals surface area contributed by atoms with E-state index in [4.69, 9.17) is 5.73 Å². The number of nitrogens with two attached hydrogens (primary N) is 1. The van der Waals surface area contributed by atoms with Crippen LogP contribution in [-0.4, -0.2) is 27.9 Å². The predicted octanol–water partition coefficient (Wildman–Crippen LogP) is -0.684. The van der Waals surface area contributed by atoms with Crippen LogP contribution in [0.5, 0.6) is 0 Å². The second-order valence-electron chi connectivity index (χ2n) is 2.55. The molecule has 0 unspecified atom stereocenters. The molecule has 1 heterocycles. The van der Waals surface area contributed by atoms with E-state index in [0.29, 0.717) is 17.0 Å². The zero-order chi connectivity index (χ0) is 10.6. The molecule has 0 fully saturated rings. The number of aryl methyl sites for hydroxylation is 1. The molecule has 6 nitrogen and oxygen atoms in total. The number of nitrogens with zero attached hydrogens (tertiary/aromatic N) is 2. The first kappa shape index (κ1) is 10.6. The third-order valence-corrected chi connectivity index (χ3v) is 2.29. The van der Waals surface area contributed by atoms with E-state index < -0.39 is 5.91 Å². The lowest BCUT2D eigenvalue weighted by molar-refractivity contribution is -0.117. The van der Waals surface area contributed by atoms with Crippen LogP contribution in [0, 0.1) is 0 Å². The number of carbonyl (C=O) groups excluding carboxylic acids is 2. The molecule has 0 bridgehead atoms. The summed E-state index contributed by atoms with van der Waals surface area (Å²) in [5, 5.41) is 6.15. The number of rotatable bonds is 4. The van der Waals surface area contributed by atoms with Gasteiger partial charge in [-0.1, -0.05) is 11.4 Å². The number of primary amides is 1. The van der Waals surface area contributed by atoms with E-state index in [-0.39, 0.29) is 12.5 Å². The van der Waals surface area contributed by atoms with E-state index in [1.165, 1.54) is 0 Å². The van der Waals surface area contributed by atoms with Gasteiger partial charge in [0.25, 0.3) is 5.91 Å². The maximum absolute atomic E-state index is 11.4. The fourth-order valence-electron chi connectivity index (χ4n) is 0.860. The smallest absolute Gasteiger partial charge is 0.265 e. The molecule has 76 valence electrons. The molecule has 3 N–H and O–H groups in total. The molecule has 0 atom stereocenters. The minimum absolute atomic E-state index is 0.167. The summed E-state index contributed by atoms with van der Waals surface area (Å²) in [5.74, 6) is -0.926. The molecule has 1 rings (SSSR count). The largest absolute Gasteiger partial charge is 0.368 e. The Morgan fingerprint density at radius 3 is 2.86 bits per heavy atom. The average Bonchev–Trinajstić information content (AvgIpc) is 2.61. The highest BCUT2D eigenvalue weighted by molar-refractivity contribution is 7.08.